The first-order valence-electron chi connectivity index (χ1n) is 5.66. The summed E-state index contributed by atoms with van der Waals surface area (Å²) in [5, 5.41) is 21.8. The summed E-state index contributed by atoms with van der Waals surface area (Å²) in [5.74, 6) is -0.133. The van der Waals surface area contributed by atoms with Crippen LogP contribution in [0, 0.1) is 5.41 Å². The van der Waals surface area contributed by atoms with Gasteiger partial charge in [-0.1, -0.05) is 26.8 Å². The van der Waals surface area contributed by atoms with E-state index < -0.39 is 0 Å². The van der Waals surface area contributed by atoms with Crippen molar-refractivity contribution in [1.82, 2.24) is 5.32 Å². The second kappa shape index (κ2) is 5.21. The molecule has 0 aliphatic carbocycles. The largest absolute Gasteiger partial charge is 0.504 e. The molecule has 0 atom stereocenters. The molecule has 0 fully saturated rings. The number of hydrogen-bond acceptors (Lipinski definition) is 3. The van der Waals surface area contributed by atoms with Gasteiger partial charge in [0.2, 0.25) is 0 Å². The molecule has 0 amide bonds. The van der Waals surface area contributed by atoms with Crippen molar-refractivity contribution in [2.24, 2.45) is 5.41 Å². The predicted molar refractivity (Wildman–Crippen MR) is 65.6 cm³/mol. The number of benzene rings is 1. The van der Waals surface area contributed by atoms with Crippen LogP contribution in [0.5, 0.6) is 11.5 Å². The van der Waals surface area contributed by atoms with Crippen LogP contribution in [-0.2, 0) is 6.54 Å². The fourth-order valence-electron chi connectivity index (χ4n) is 1.35. The average Bonchev–Trinajstić information content (AvgIpc) is 2.23. The van der Waals surface area contributed by atoms with Crippen molar-refractivity contribution in [3.63, 3.8) is 0 Å². The highest BCUT2D eigenvalue weighted by atomic mass is 16.3. The van der Waals surface area contributed by atoms with E-state index in [-0.39, 0.29) is 11.5 Å². The first-order valence-corrected chi connectivity index (χ1v) is 5.66. The summed E-state index contributed by atoms with van der Waals surface area (Å²) >= 11 is 0. The van der Waals surface area contributed by atoms with Crippen LogP contribution < -0.4 is 5.32 Å². The van der Waals surface area contributed by atoms with E-state index in [1.807, 2.05) is 0 Å². The van der Waals surface area contributed by atoms with Gasteiger partial charge in [0.1, 0.15) is 0 Å². The van der Waals surface area contributed by atoms with Gasteiger partial charge in [0, 0.05) is 13.1 Å². The molecule has 90 valence electrons. The van der Waals surface area contributed by atoms with Gasteiger partial charge in [-0.05, 0) is 29.5 Å². The first-order chi connectivity index (χ1) is 7.44. The highest BCUT2D eigenvalue weighted by molar-refractivity contribution is 5.40. The number of hydrogen-bond donors (Lipinski definition) is 3. The van der Waals surface area contributed by atoms with E-state index in [9.17, 15) is 5.11 Å². The van der Waals surface area contributed by atoms with E-state index in [0.717, 1.165) is 18.5 Å². The molecule has 3 nitrogen and oxygen atoms in total. The first kappa shape index (κ1) is 12.8. The quantitative estimate of drug-likeness (QED) is 0.673. The zero-order valence-corrected chi connectivity index (χ0v) is 10.2. The van der Waals surface area contributed by atoms with E-state index in [1.54, 1.807) is 12.1 Å². The molecule has 1 aromatic carbocycles. The molecule has 16 heavy (non-hydrogen) atoms. The molecule has 0 bridgehead atoms. The van der Waals surface area contributed by atoms with Crippen molar-refractivity contribution in [1.29, 1.82) is 0 Å². The van der Waals surface area contributed by atoms with Crippen molar-refractivity contribution in [2.75, 3.05) is 6.54 Å². The van der Waals surface area contributed by atoms with Gasteiger partial charge < -0.3 is 15.5 Å². The van der Waals surface area contributed by atoms with E-state index >= 15 is 0 Å². The number of phenolic OH excluding ortho intramolecular Hbond substituents is 2. The molecule has 0 aromatic heterocycles. The topological polar surface area (TPSA) is 52.5 Å². The fourth-order valence-corrected chi connectivity index (χ4v) is 1.35. The average molecular weight is 223 g/mol. The highest BCUT2D eigenvalue weighted by Crippen LogP contribution is 2.25. The Labute approximate surface area is 97.1 Å². The van der Waals surface area contributed by atoms with Crippen LogP contribution in [0.1, 0.15) is 32.8 Å². The Balaban J connectivity index is 2.46. The Morgan fingerprint density at radius 1 is 1.19 bits per heavy atom. The molecule has 1 aromatic rings. The molecule has 0 aliphatic rings. The summed E-state index contributed by atoms with van der Waals surface area (Å²) in [4.78, 5) is 0. The normalized spacial score (nSPS) is 11.7. The number of nitrogens with one attached hydrogen (secondary N) is 1. The molecule has 1 rings (SSSR count). The standard InChI is InChI=1S/C13H21NO2/c1-4-13(2,3)9-14-8-10-5-6-11(15)12(16)7-10/h5-7,14-16H,4,8-9H2,1-3H3. The van der Waals surface area contributed by atoms with Crippen molar-refractivity contribution in [2.45, 2.75) is 33.7 Å². The molecule has 0 saturated heterocycles. The predicted octanol–water partition coefficient (Wildman–Crippen LogP) is 2.62. The lowest BCUT2D eigenvalue weighted by molar-refractivity contribution is 0.327. The summed E-state index contributed by atoms with van der Waals surface area (Å²) in [6, 6.07) is 4.90. The third-order valence-electron chi connectivity index (χ3n) is 2.93. The van der Waals surface area contributed by atoms with Gasteiger partial charge in [-0.2, -0.15) is 0 Å². The molecule has 0 heterocycles. The Morgan fingerprint density at radius 3 is 2.44 bits per heavy atom. The Bertz CT molecular complexity index is 348. The summed E-state index contributed by atoms with van der Waals surface area (Å²) in [7, 11) is 0. The van der Waals surface area contributed by atoms with E-state index in [1.165, 1.54) is 6.07 Å². The maximum Gasteiger partial charge on any atom is 0.157 e. The molecule has 3 N–H and O–H groups in total. The monoisotopic (exact) mass is 223 g/mol. The highest BCUT2D eigenvalue weighted by Gasteiger charge is 2.13. The lowest BCUT2D eigenvalue weighted by Crippen LogP contribution is -2.28. The van der Waals surface area contributed by atoms with Crippen LogP contribution >= 0.6 is 0 Å². The minimum absolute atomic E-state index is 0.0611. The van der Waals surface area contributed by atoms with Crippen LogP contribution in [-0.4, -0.2) is 16.8 Å². The van der Waals surface area contributed by atoms with Crippen molar-refractivity contribution >= 4 is 0 Å². The van der Waals surface area contributed by atoms with Crippen LogP contribution in [0.4, 0.5) is 0 Å². The number of aromatic hydroxyl groups is 2. The van der Waals surface area contributed by atoms with E-state index in [0.29, 0.717) is 12.0 Å². The zero-order chi connectivity index (χ0) is 12.2. The lowest BCUT2D eigenvalue weighted by atomic mass is 9.90. The van der Waals surface area contributed by atoms with E-state index in [4.69, 9.17) is 5.11 Å². The maximum absolute atomic E-state index is 9.33. The Hall–Kier alpha value is -1.22. The molecule has 0 aliphatic heterocycles. The maximum atomic E-state index is 9.33. The summed E-state index contributed by atoms with van der Waals surface area (Å²) in [6.45, 7) is 8.25. The zero-order valence-electron chi connectivity index (χ0n) is 10.2. The SMILES string of the molecule is CCC(C)(C)CNCc1ccc(O)c(O)c1. The van der Waals surface area contributed by atoms with Crippen molar-refractivity contribution in [3.8, 4) is 11.5 Å². The number of rotatable bonds is 5. The van der Waals surface area contributed by atoms with Gasteiger partial charge in [0.25, 0.3) is 0 Å². The molecule has 0 saturated carbocycles. The summed E-state index contributed by atoms with van der Waals surface area (Å²) in [5.41, 5.74) is 1.26. The van der Waals surface area contributed by atoms with Crippen LogP contribution in [0.2, 0.25) is 0 Å². The van der Waals surface area contributed by atoms with Gasteiger partial charge in [-0.15, -0.1) is 0 Å². The third-order valence-corrected chi connectivity index (χ3v) is 2.93. The van der Waals surface area contributed by atoms with Crippen LogP contribution in [0.3, 0.4) is 0 Å². The minimum Gasteiger partial charge on any atom is -0.504 e. The smallest absolute Gasteiger partial charge is 0.157 e. The fraction of sp³-hybridized carbons (Fsp3) is 0.538. The van der Waals surface area contributed by atoms with Gasteiger partial charge in [0.15, 0.2) is 11.5 Å². The molecule has 3 heteroatoms. The molecule has 0 radical (unpaired) electrons. The Morgan fingerprint density at radius 2 is 1.88 bits per heavy atom. The second-order valence-electron chi connectivity index (χ2n) is 4.94. The summed E-state index contributed by atoms with van der Waals surface area (Å²) in [6.07, 6.45) is 1.13. The van der Waals surface area contributed by atoms with Crippen molar-refractivity contribution in [3.05, 3.63) is 23.8 Å². The second-order valence-corrected chi connectivity index (χ2v) is 4.94. The molecular formula is C13H21NO2. The Kier molecular flexibility index (Phi) is 4.19. The molecule has 0 unspecified atom stereocenters. The number of phenols is 2. The minimum atomic E-state index is -0.0716. The van der Waals surface area contributed by atoms with Crippen molar-refractivity contribution < 1.29 is 10.2 Å². The van der Waals surface area contributed by atoms with E-state index in [2.05, 4.69) is 26.1 Å². The van der Waals surface area contributed by atoms with Gasteiger partial charge in [0.05, 0.1) is 0 Å². The molecule has 0 spiro atoms. The molecular weight excluding hydrogens is 202 g/mol. The van der Waals surface area contributed by atoms with Gasteiger partial charge >= 0.3 is 0 Å². The summed E-state index contributed by atoms with van der Waals surface area (Å²) < 4.78 is 0. The van der Waals surface area contributed by atoms with Gasteiger partial charge in [-0.3, -0.25) is 0 Å². The van der Waals surface area contributed by atoms with Crippen LogP contribution in [0.15, 0.2) is 18.2 Å². The van der Waals surface area contributed by atoms with Gasteiger partial charge in [-0.25, -0.2) is 0 Å². The lowest BCUT2D eigenvalue weighted by Gasteiger charge is -2.23. The van der Waals surface area contributed by atoms with Crippen LogP contribution in [0.25, 0.3) is 0 Å². The third kappa shape index (κ3) is 3.74.